The number of likely N-dealkylation sites (tertiary alicyclic amines) is 1. The van der Waals surface area contributed by atoms with E-state index in [-0.39, 0.29) is 17.8 Å². The minimum absolute atomic E-state index is 0.0302. The third-order valence-electron chi connectivity index (χ3n) is 5.96. The molecule has 4 rings (SSSR count). The topological polar surface area (TPSA) is 45.7 Å². The highest BCUT2D eigenvalue weighted by Gasteiger charge is 2.25. The van der Waals surface area contributed by atoms with E-state index < -0.39 is 0 Å². The van der Waals surface area contributed by atoms with E-state index in [0.29, 0.717) is 17.1 Å². The van der Waals surface area contributed by atoms with Crippen LogP contribution in [0.4, 0.5) is 4.39 Å². The van der Waals surface area contributed by atoms with E-state index in [9.17, 15) is 9.18 Å². The molecule has 6 heteroatoms. The number of hydrogen-bond donors (Lipinski definition) is 0. The third-order valence-corrected chi connectivity index (χ3v) is 5.96. The van der Waals surface area contributed by atoms with Crippen LogP contribution in [0.3, 0.4) is 0 Å². The molecule has 0 aliphatic carbocycles. The molecule has 3 aromatic rings. The number of carbonyl (C=O) groups excluding carboxylic acids is 1. The third kappa shape index (κ3) is 6.41. The van der Waals surface area contributed by atoms with Crippen molar-refractivity contribution in [3.8, 4) is 22.8 Å². The van der Waals surface area contributed by atoms with Crippen LogP contribution in [-0.4, -0.2) is 53.9 Å². The van der Waals surface area contributed by atoms with Crippen molar-refractivity contribution >= 4 is 5.91 Å². The molecule has 5 nitrogen and oxygen atoms in total. The monoisotopic (exact) mass is 463 g/mol. The summed E-state index contributed by atoms with van der Waals surface area (Å²) >= 11 is 0. The van der Waals surface area contributed by atoms with E-state index in [1.165, 1.54) is 12.1 Å². The molecule has 0 radical (unpaired) electrons. The summed E-state index contributed by atoms with van der Waals surface area (Å²) in [5.41, 5.74) is 3.10. The Morgan fingerprint density at radius 2 is 1.56 bits per heavy atom. The number of pyridine rings is 1. The van der Waals surface area contributed by atoms with Crippen molar-refractivity contribution in [2.24, 2.45) is 0 Å². The Hall–Kier alpha value is -3.25. The van der Waals surface area contributed by atoms with Crippen molar-refractivity contribution in [1.29, 1.82) is 0 Å². The van der Waals surface area contributed by atoms with Crippen LogP contribution in [0.15, 0.2) is 60.7 Å². The van der Waals surface area contributed by atoms with Crippen LogP contribution in [-0.2, 0) is 0 Å². The molecule has 180 valence electrons. The van der Waals surface area contributed by atoms with Crippen LogP contribution >= 0.6 is 0 Å². The number of rotatable bonds is 5. The molecular weight excluding hydrogens is 429 g/mol. The van der Waals surface area contributed by atoms with Gasteiger partial charge in [-0.05, 0) is 101 Å². The average Bonchev–Trinajstić information content (AvgIpc) is 2.86. The van der Waals surface area contributed by atoms with Gasteiger partial charge in [0, 0.05) is 29.9 Å². The Kier molecular flexibility index (Phi) is 8.77. The molecule has 0 atom stereocenters. The Morgan fingerprint density at radius 1 is 1.00 bits per heavy atom. The minimum Gasteiger partial charge on any atom is -0.457 e. The zero-order chi connectivity index (χ0) is 24.7. The van der Waals surface area contributed by atoms with Crippen LogP contribution in [0.1, 0.15) is 42.7 Å². The number of benzene rings is 2. The molecule has 1 aromatic heterocycles. The van der Waals surface area contributed by atoms with E-state index in [4.69, 9.17) is 4.74 Å². The summed E-state index contributed by atoms with van der Waals surface area (Å²) in [6.45, 7) is 7.92. The van der Waals surface area contributed by atoms with E-state index in [0.717, 1.165) is 42.9 Å². The lowest BCUT2D eigenvalue weighted by Crippen LogP contribution is -2.44. The molecular formula is C28H34FN3O2. The summed E-state index contributed by atoms with van der Waals surface area (Å²) < 4.78 is 18.8. The fraction of sp³-hybridized carbons (Fsp3) is 0.357. The predicted octanol–water partition coefficient (Wildman–Crippen LogP) is 6.18. The molecule has 0 unspecified atom stereocenters. The van der Waals surface area contributed by atoms with Crippen molar-refractivity contribution in [3.63, 3.8) is 0 Å². The number of aryl methyl sites for hydroxylation is 1. The second-order valence-corrected chi connectivity index (χ2v) is 8.41. The van der Waals surface area contributed by atoms with E-state index >= 15 is 0 Å². The molecule has 2 aromatic carbocycles. The van der Waals surface area contributed by atoms with Gasteiger partial charge in [-0.3, -0.25) is 9.78 Å². The number of aromatic nitrogens is 1. The van der Waals surface area contributed by atoms with Crippen LogP contribution < -0.4 is 4.74 Å². The molecule has 2 heterocycles. The lowest BCUT2D eigenvalue weighted by molar-refractivity contribution is 0.0659. The van der Waals surface area contributed by atoms with Gasteiger partial charge in [0.2, 0.25) is 0 Å². The van der Waals surface area contributed by atoms with Gasteiger partial charge in [0.25, 0.3) is 5.91 Å². The summed E-state index contributed by atoms with van der Waals surface area (Å²) in [7, 11) is 4.02. The summed E-state index contributed by atoms with van der Waals surface area (Å²) in [5.74, 6) is 0.941. The first kappa shape index (κ1) is 25.4. The van der Waals surface area contributed by atoms with Crippen molar-refractivity contribution in [3.05, 3.63) is 77.7 Å². The molecule has 0 N–H and O–H groups in total. The van der Waals surface area contributed by atoms with Crippen molar-refractivity contribution in [2.45, 2.75) is 39.7 Å². The fourth-order valence-corrected chi connectivity index (χ4v) is 4.02. The first-order chi connectivity index (χ1) is 16.4. The highest BCUT2D eigenvalue weighted by atomic mass is 19.1. The van der Waals surface area contributed by atoms with Crippen LogP contribution in [0.5, 0.6) is 11.5 Å². The largest absolute Gasteiger partial charge is 0.457 e. The standard InChI is InChI=1S/C26H28FN3O2.C2H6/c1-18-16-20(26(31)30(3)22-12-14-29(2)15-13-22)17-25(28-18)19-4-8-23(9-5-19)32-24-10-6-21(27)7-11-24;1-2/h4-11,16-17,22H,12-15H2,1-3H3;1-2H3. The number of amides is 1. The first-order valence-electron chi connectivity index (χ1n) is 11.9. The van der Waals surface area contributed by atoms with Crippen LogP contribution in [0, 0.1) is 12.7 Å². The lowest BCUT2D eigenvalue weighted by atomic mass is 10.0. The van der Waals surface area contributed by atoms with Gasteiger partial charge in [-0.15, -0.1) is 0 Å². The van der Waals surface area contributed by atoms with Gasteiger partial charge in [0.05, 0.1) is 5.69 Å². The van der Waals surface area contributed by atoms with Crippen molar-refractivity contribution in [1.82, 2.24) is 14.8 Å². The SMILES string of the molecule is CC.Cc1cc(C(=O)N(C)C2CCN(C)CC2)cc(-c2ccc(Oc3ccc(F)cc3)cc2)n1. The molecule has 0 saturated carbocycles. The number of nitrogens with zero attached hydrogens (tertiary/aromatic N) is 3. The molecule has 1 aliphatic rings. The molecule has 0 bridgehead atoms. The Labute approximate surface area is 202 Å². The number of hydrogen-bond acceptors (Lipinski definition) is 4. The fourth-order valence-electron chi connectivity index (χ4n) is 4.02. The van der Waals surface area contributed by atoms with Crippen molar-refractivity contribution in [2.75, 3.05) is 27.2 Å². The van der Waals surface area contributed by atoms with Gasteiger partial charge in [-0.2, -0.15) is 0 Å². The summed E-state index contributed by atoms with van der Waals surface area (Å²) in [4.78, 5) is 22.0. The summed E-state index contributed by atoms with van der Waals surface area (Å²) in [6, 6.07) is 17.4. The molecule has 1 saturated heterocycles. The highest BCUT2D eigenvalue weighted by Crippen LogP contribution is 2.26. The maximum absolute atomic E-state index is 13.2. The molecule has 1 amide bonds. The smallest absolute Gasteiger partial charge is 0.253 e. The Balaban J connectivity index is 0.00000158. The maximum atomic E-state index is 13.2. The number of ether oxygens (including phenoxy) is 1. The van der Waals surface area contributed by atoms with E-state index in [1.54, 1.807) is 12.1 Å². The lowest BCUT2D eigenvalue weighted by Gasteiger charge is -2.35. The zero-order valence-corrected chi connectivity index (χ0v) is 20.7. The van der Waals surface area contributed by atoms with E-state index in [1.807, 2.05) is 69.1 Å². The Bertz CT molecular complexity index is 1080. The first-order valence-corrected chi connectivity index (χ1v) is 11.9. The van der Waals surface area contributed by atoms with Gasteiger partial charge in [-0.25, -0.2) is 4.39 Å². The van der Waals surface area contributed by atoms with Gasteiger partial charge < -0.3 is 14.5 Å². The Morgan fingerprint density at radius 3 is 2.15 bits per heavy atom. The predicted molar refractivity (Wildman–Crippen MR) is 135 cm³/mol. The van der Waals surface area contributed by atoms with Gasteiger partial charge in [-0.1, -0.05) is 13.8 Å². The zero-order valence-electron chi connectivity index (χ0n) is 20.7. The number of piperidine rings is 1. The molecule has 34 heavy (non-hydrogen) atoms. The molecule has 1 aliphatic heterocycles. The second-order valence-electron chi connectivity index (χ2n) is 8.41. The van der Waals surface area contributed by atoms with Gasteiger partial charge >= 0.3 is 0 Å². The highest BCUT2D eigenvalue weighted by molar-refractivity contribution is 5.95. The number of carbonyl (C=O) groups is 1. The minimum atomic E-state index is -0.301. The van der Waals surface area contributed by atoms with Gasteiger partial charge in [0.15, 0.2) is 0 Å². The van der Waals surface area contributed by atoms with Crippen LogP contribution in [0.25, 0.3) is 11.3 Å². The molecule has 1 fully saturated rings. The normalized spacial score (nSPS) is 14.2. The average molecular weight is 464 g/mol. The molecule has 0 spiro atoms. The maximum Gasteiger partial charge on any atom is 0.253 e. The summed E-state index contributed by atoms with van der Waals surface area (Å²) in [6.07, 6.45) is 1.98. The van der Waals surface area contributed by atoms with E-state index in [2.05, 4.69) is 16.9 Å². The van der Waals surface area contributed by atoms with Crippen molar-refractivity contribution < 1.29 is 13.9 Å². The quantitative estimate of drug-likeness (QED) is 0.453. The second kappa shape index (κ2) is 11.7. The number of halogens is 1. The van der Waals surface area contributed by atoms with Crippen LogP contribution in [0.2, 0.25) is 0 Å². The van der Waals surface area contributed by atoms with Gasteiger partial charge in [0.1, 0.15) is 17.3 Å². The summed E-state index contributed by atoms with van der Waals surface area (Å²) in [5, 5.41) is 0.